The summed E-state index contributed by atoms with van der Waals surface area (Å²) in [5, 5.41) is 0. The summed E-state index contributed by atoms with van der Waals surface area (Å²) >= 11 is 0. The lowest BCUT2D eigenvalue weighted by Crippen LogP contribution is -2.48. The monoisotopic (exact) mass is 404 g/mol. The molecule has 5 nitrogen and oxygen atoms in total. The van der Waals surface area contributed by atoms with E-state index in [1.54, 1.807) is 4.90 Å². The van der Waals surface area contributed by atoms with Crippen LogP contribution >= 0.6 is 0 Å². The average molecular weight is 405 g/mol. The van der Waals surface area contributed by atoms with Crippen molar-refractivity contribution >= 4 is 12.0 Å². The van der Waals surface area contributed by atoms with Gasteiger partial charge in [-0.1, -0.05) is 18.6 Å². The number of carbonyl (C=O) groups is 2. The summed E-state index contributed by atoms with van der Waals surface area (Å²) < 4.78 is 18.8. The summed E-state index contributed by atoms with van der Waals surface area (Å²) in [6.45, 7) is 8.02. The van der Waals surface area contributed by atoms with Crippen molar-refractivity contribution in [1.29, 1.82) is 0 Å². The van der Waals surface area contributed by atoms with E-state index in [1.165, 1.54) is 12.1 Å². The van der Waals surface area contributed by atoms with Gasteiger partial charge in [-0.3, -0.25) is 4.79 Å². The number of likely N-dealkylation sites (tertiary alicyclic amines) is 2. The maximum absolute atomic E-state index is 13.3. The summed E-state index contributed by atoms with van der Waals surface area (Å²) in [4.78, 5) is 29.3. The highest BCUT2D eigenvalue weighted by Crippen LogP contribution is 2.29. The Kier molecular flexibility index (Phi) is 6.81. The normalized spacial score (nSPS) is 23.4. The lowest BCUT2D eigenvalue weighted by molar-refractivity contribution is -0.137. The van der Waals surface area contributed by atoms with Gasteiger partial charge >= 0.3 is 6.09 Å². The zero-order valence-electron chi connectivity index (χ0n) is 17.8. The highest BCUT2D eigenvalue weighted by atomic mass is 19.1. The Hall–Kier alpha value is -2.11. The maximum atomic E-state index is 13.3. The Labute approximate surface area is 173 Å². The predicted molar refractivity (Wildman–Crippen MR) is 110 cm³/mol. The number of ether oxygens (including phenoxy) is 1. The van der Waals surface area contributed by atoms with Crippen LogP contribution in [0.15, 0.2) is 24.3 Å². The Morgan fingerprint density at radius 3 is 2.34 bits per heavy atom. The van der Waals surface area contributed by atoms with Crippen molar-refractivity contribution in [3.05, 3.63) is 35.6 Å². The third-order valence-electron chi connectivity index (χ3n) is 5.75. The molecule has 2 saturated heterocycles. The molecule has 2 fully saturated rings. The largest absolute Gasteiger partial charge is 0.444 e. The highest BCUT2D eigenvalue weighted by Gasteiger charge is 2.34. The fourth-order valence-electron chi connectivity index (χ4n) is 4.28. The number of carbonyl (C=O) groups excluding carboxylic acids is 2. The average Bonchev–Trinajstić information content (AvgIpc) is 2.93. The van der Waals surface area contributed by atoms with Gasteiger partial charge in [-0.25, -0.2) is 9.18 Å². The van der Waals surface area contributed by atoms with E-state index in [4.69, 9.17) is 4.74 Å². The molecule has 0 N–H and O–H groups in total. The summed E-state index contributed by atoms with van der Waals surface area (Å²) in [6, 6.07) is 6.65. The van der Waals surface area contributed by atoms with Gasteiger partial charge in [-0.2, -0.15) is 0 Å². The number of benzene rings is 1. The molecule has 0 radical (unpaired) electrons. The number of nitrogens with zero attached hydrogens (tertiary/aromatic N) is 2. The Morgan fingerprint density at radius 1 is 0.966 bits per heavy atom. The topological polar surface area (TPSA) is 49.9 Å². The van der Waals surface area contributed by atoms with E-state index in [1.807, 2.05) is 37.8 Å². The fraction of sp³-hybridized carbons (Fsp3) is 0.652. The predicted octanol–water partition coefficient (Wildman–Crippen LogP) is 4.57. The van der Waals surface area contributed by atoms with Gasteiger partial charge in [0.2, 0.25) is 5.91 Å². The number of amides is 2. The summed E-state index contributed by atoms with van der Waals surface area (Å²) in [5.74, 6) is -0.0529. The van der Waals surface area contributed by atoms with Crippen molar-refractivity contribution in [2.24, 2.45) is 5.92 Å². The van der Waals surface area contributed by atoms with Gasteiger partial charge in [-0.05, 0) is 64.2 Å². The van der Waals surface area contributed by atoms with Crippen LogP contribution in [0, 0.1) is 11.7 Å². The molecule has 2 heterocycles. The molecule has 29 heavy (non-hydrogen) atoms. The number of hydrogen-bond acceptors (Lipinski definition) is 3. The minimum absolute atomic E-state index is 0.132. The standard InChI is InChI=1S/C23H33FN2O3/c1-23(2,3)29-22(28)26-14-6-8-19(16-26)21(27)25-13-5-4-7-18(15-25)17-9-11-20(24)12-10-17/h9-12,18-19H,4-8,13-16H2,1-3H3. The van der Waals surface area contributed by atoms with Gasteiger partial charge in [0.25, 0.3) is 0 Å². The van der Waals surface area contributed by atoms with E-state index in [0.717, 1.165) is 44.2 Å². The molecule has 1 aromatic carbocycles. The lowest BCUT2D eigenvalue weighted by atomic mass is 9.93. The molecule has 0 spiro atoms. The van der Waals surface area contributed by atoms with Crippen molar-refractivity contribution in [3.8, 4) is 0 Å². The Balaban J connectivity index is 1.64. The lowest BCUT2D eigenvalue weighted by Gasteiger charge is -2.36. The molecule has 2 unspecified atom stereocenters. The molecule has 2 atom stereocenters. The Bertz CT molecular complexity index is 714. The first-order chi connectivity index (χ1) is 13.7. The molecule has 1 aromatic rings. The van der Waals surface area contributed by atoms with Gasteiger partial charge < -0.3 is 14.5 Å². The van der Waals surface area contributed by atoms with Crippen LogP contribution in [0.2, 0.25) is 0 Å². The molecule has 160 valence electrons. The SMILES string of the molecule is CC(C)(C)OC(=O)N1CCCC(C(=O)N2CCCCC(c3ccc(F)cc3)C2)C1. The van der Waals surface area contributed by atoms with Crippen LogP contribution in [0.5, 0.6) is 0 Å². The quantitative estimate of drug-likeness (QED) is 0.726. The second kappa shape index (κ2) is 9.14. The third-order valence-corrected chi connectivity index (χ3v) is 5.75. The van der Waals surface area contributed by atoms with Crippen LogP contribution in [0.3, 0.4) is 0 Å². The van der Waals surface area contributed by atoms with Crippen LogP contribution in [-0.4, -0.2) is 53.6 Å². The van der Waals surface area contributed by atoms with Crippen LogP contribution in [0.1, 0.15) is 64.4 Å². The molecule has 6 heteroatoms. The van der Waals surface area contributed by atoms with E-state index < -0.39 is 5.60 Å². The molecule has 0 saturated carbocycles. The summed E-state index contributed by atoms with van der Waals surface area (Å²) in [6.07, 6.45) is 4.31. The molecular formula is C23H33FN2O3. The first-order valence-electron chi connectivity index (χ1n) is 10.7. The van der Waals surface area contributed by atoms with Crippen molar-refractivity contribution in [2.75, 3.05) is 26.2 Å². The molecule has 0 bridgehead atoms. The zero-order valence-corrected chi connectivity index (χ0v) is 17.8. The second-order valence-electron chi connectivity index (χ2n) is 9.29. The molecule has 3 rings (SSSR count). The van der Waals surface area contributed by atoms with Crippen molar-refractivity contribution in [3.63, 3.8) is 0 Å². The maximum Gasteiger partial charge on any atom is 0.410 e. The van der Waals surface area contributed by atoms with E-state index >= 15 is 0 Å². The first-order valence-corrected chi connectivity index (χ1v) is 10.7. The summed E-state index contributed by atoms with van der Waals surface area (Å²) in [5.41, 5.74) is 0.548. The van der Waals surface area contributed by atoms with Gasteiger partial charge in [-0.15, -0.1) is 0 Å². The molecule has 0 aliphatic carbocycles. The minimum atomic E-state index is -0.540. The zero-order chi connectivity index (χ0) is 21.0. The number of hydrogen-bond donors (Lipinski definition) is 0. The number of halogens is 1. The van der Waals surface area contributed by atoms with Crippen LogP contribution in [0.25, 0.3) is 0 Å². The highest BCUT2D eigenvalue weighted by molar-refractivity contribution is 5.80. The third kappa shape index (κ3) is 5.94. The van der Waals surface area contributed by atoms with E-state index in [9.17, 15) is 14.0 Å². The van der Waals surface area contributed by atoms with Gasteiger partial charge in [0.1, 0.15) is 11.4 Å². The van der Waals surface area contributed by atoms with Gasteiger partial charge in [0.15, 0.2) is 0 Å². The van der Waals surface area contributed by atoms with Crippen molar-refractivity contribution in [2.45, 2.75) is 64.4 Å². The Morgan fingerprint density at radius 2 is 1.66 bits per heavy atom. The van der Waals surface area contributed by atoms with Crippen LogP contribution < -0.4 is 0 Å². The number of rotatable bonds is 2. The molecule has 2 aliphatic heterocycles. The smallest absolute Gasteiger partial charge is 0.410 e. The molecule has 2 aliphatic rings. The minimum Gasteiger partial charge on any atom is -0.444 e. The van der Waals surface area contributed by atoms with Gasteiger partial charge in [0.05, 0.1) is 5.92 Å². The van der Waals surface area contributed by atoms with Crippen LogP contribution in [-0.2, 0) is 9.53 Å². The van der Waals surface area contributed by atoms with E-state index in [0.29, 0.717) is 19.6 Å². The number of piperidine rings is 1. The van der Waals surface area contributed by atoms with E-state index in [-0.39, 0.29) is 29.7 Å². The van der Waals surface area contributed by atoms with Crippen molar-refractivity contribution in [1.82, 2.24) is 9.80 Å². The fourth-order valence-corrected chi connectivity index (χ4v) is 4.28. The van der Waals surface area contributed by atoms with Crippen molar-refractivity contribution < 1.29 is 18.7 Å². The molecule has 0 aromatic heterocycles. The van der Waals surface area contributed by atoms with E-state index in [2.05, 4.69) is 0 Å². The van der Waals surface area contributed by atoms with Gasteiger partial charge in [0, 0.05) is 32.1 Å². The second-order valence-corrected chi connectivity index (χ2v) is 9.29. The summed E-state index contributed by atoms with van der Waals surface area (Å²) in [7, 11) is 0. The first kappa shape index (κ1) is 21.6. The van der Waals surface area contributed by atoms with Crippen LogP contribution in [0.4, 0.5) is 9.18 Å². The molecule has 2 amide bonds. The molecular weight excluding hydrogens is 371 g/mol.